The Bertz CT molecular complexity index is 316. The first-order valence-electron chi connectivity index (χ1n) is 6.01. The van der Waals surface area contributed by atoms with Crippen molar-refractivity contribution in [1.29, 1.82) is 0 Å². The van der Waals surface area contributed by atoms with E-state index < -0.39 is 0 Å². The summed E-state index contributed by atoms with van der Waals surface area (Å²) in [6.45, 7) is 5.06. The highest BCUT2D eigenvalue weighted by Crippen LogP contribution is 2.17. The Kier molecular flexibility index (Phi) is 3.79. The third-order valence-electron chi connectivity index (χ3n) is 2.92. The van der Waals surface area contributed by atoms with Gasteiger partial charge in [0.25, 0.3) is 0 Å². The molecule has 2 rings (SSSR count). The van der Waals surface area contributed by atoms with E-state index in [9.17, 15) is 0 Å². The third kappa shape index (κ3) is 2.74. The summed E-state index contributed by atoms with van der Waals surface area (Å²) in [5.74, 6) is 1.12. The molecular weight excluding hydrogens is 202 g/mol. The van der Waals surface area contributed by atoms with Crippen LogP contribution in [-0.4, -0.2) is 35.5 Å². The molecule has 1 atom stereocenters. The predicted octanol–water partition coefficient (Wildman–Crippen LogP) is 0.567. The van der Waals surface area contributed by atoms with Gasteiger partial charge in [0.15, 0.2) is 0 Å². The molecule has 5 heteroatoms. The van der Waals surface area contributed by atoms with Crippen molar-refractivity contribution >= 4 is 5.82 Å². The van der Waals surface area contributed by atoms with Crippen molar-refractivity contribution in [3.8, 4) is 0 Å². The molecule has 90 valence electrons. The SMILES string of the molecule is CC(N)CCCNc1ccnn1C1CNC1. The largest absolute Gasteiger partial charge is 0.370 e. The average molecular weight is 223 g/mol. The summed E-state index contributed by atoms with van der Waals surface area (Å²) in [7, 11) is 0. The Hall–Kier alpha value is -1.07. The molecule has 0 saturated carbocycles. The summed E-state index contributed by atoms with van der Waals surface area (Å²) < 4.78 is 2.07. The zero-order valence-electron chi connectivity index (χ0n) is 9.82. The van der Waals surface area contributed by atoms with Gasteiger partial charge in [-0.1, -0.05) is 0 Å². The average Bonchev–Trinajstić information content (AvgIpc) is 2.58. The molecule has 1 unspecified atom stereocenters. The Labute approximate surface area is 96.4 Å². The lowest BCUT2D eigenvalue weighted by Gasteiger charge is -2.28. The first-order valence-corrected chi connectivity index (χ1v) is 6.01. The van der Waals surface area contributed by atoms with Crippen LogP contribution in [-0.2, 0) is 0 Å². The van der Waals surface area contributed by atoms with Crippen molar-refractivity contribution in [3.63, 3.8) is 0 Å². The maximum absolute atomic E-state index is 5.71. The summed E-state index contributed by atoms with van der Waals surface area (Å²) >= 11 is 0. The summed E-state index contributed by atoms with van der Waals surface area (Å²) in [6, 6.07) is 2.85. The van der Waals surface area contributed by atoms with Crippen LogP contribution in [0.4, 0.5) is 5.82 Å². The van der Waals surface area contributed by atoms with E-state index in [1.807, 2.05) is 19.2 Å². The molecule has 1 fully saturated rings. The zero-order chi connectivity index (χ0) is 11.4. The van der Waals surface area contributed by atoms with E-state index in [2.05, 4.69) is 20.4 Å². The molecule has 2 heterocycles. The van der Waals surface area contributed by atoms with Crippen molar-refractivity contribution in [2.24, 2.45) is 5.73 Å². The van der Waals surface area contributed by atoms with Crippen LogP contribution < -0.4 is 16.4 Å². The monoisotopic (exact) mass is 223 g/mol. The third-order valence-corrected chi connectivity index (χ3v) is 2.92. The number of hydrogen-bond acceptors (Lipinski definition) is 4. The molecule has 1 aromatic heterocycles. The maximum Gasteiger partial charge on any atom is 0.124 e. The molecule has 0 bridgehead atoms. The van der Waals surface area contributed by atoms with Gasteiger partial charge < -0.3 is 16.4 Å². The molecule has 0 amide bonds. The van der Waals surface area contributed by atoms with E-state index in [0.29, 0.717) is 12.1 Å². The number of rotatable bonds is 6. The summed E-state index contributed by atoms with van der Waals surface area (Å²) in [4.78, 5) is 0. The van der Waals surface area contributed by atoms with Gasteiger partial charge in [-0.15, -0.1) is 0 Å². The lowest BCUT2D eigenvalue weighted by molar-refractivity contribution is 0.321. The van der Waals surface area contributed by atoms with Gasteiger partial charge >= 0.3 is 0 Å². The molecule has 1 aliphatic heterocycles. The number of hydrogen-bond donors (Lipinski definition) is 3. The molecule has 0 spiro atoms. The van der Waals surface area contributed by atoms with Gasteiger partial charge in [0.05, 0.1) is 12.2 Å². The molecule has 0 aliphatic carbocycles. The Morgan fingerprint density at radius 1 is 1.69 bits per heavy atom. The van der Waals surface area contributed by atoms with Crippen LogP contribution in [0.3, 0.4) is 0 Å². The summed E-state index contributed by atoms with van der Waals surface area (Å²) in [5.41, 5.74) is 5.71. The van der Waals surface area contributed by atoms with Crippen molar-refractivity contribution < 1.29 is 0 Å². The second-order valence-corrected chi connectivity index (χ2v) is 4.52. The molecule has 0 radical (unpaired) electrons. The van der Waals surface area contributed by atoms with Crippen LogP contribution in [0.5, 0.6) is 0 Å². The minimum atomic E-state index is 0.294. The van der Waals surface area contributed by atoms with Crippen LogP contribution in [0, 0.1) is 0 Å². The summed E-state index contributed by atoms with van der Waals surface area (Å²) in [5, 5.41) is 11.0. The molecule has 0 aromatic carbocycles. The highest BCUT2D eigenvalue weighted by atomic mass is 15.4. The predicted molar refractivity (Wildman–Crippen MR) is 65.5 cm³/mol. The molecule has 16 heavy (non-hydrogen) atoms. The topological polar surface area (TPSA) is 67.9 Å². The van der Waals surface area contributed by atoms with Gasteiger partial charge in [-0.3, -0.25) is 0 Å². The Morgan fingerprint density at radius 2 is 2.50 bits per heavy atom. The van der Waals surface area contributed by atoms with Gasteiger partial charge in [0.1, 0.15) is 5.82 Å². The van der Waals surface area contributed by atoms with Gasteiger partial charge in [0.2, 0.25) is 0 Å². The minimum Gasteiger partial charge on any atom is -0.370 e. The van der Waals surface area contributed by atoms with Crippen molar-refractivity contribution in [2.75, 3.05) is 25.0 Å². The fourth-order valence-electron chi connectivity index (χ4n) is 1.83. The summed E-state index contributed by atoms with van der Waals surface area (Å²) in [6.07, 6.45) is 4.02. The number of anilines is 1. The second kappa shape index (κ2) is 5.32. The van der Waals surface area contributed by atoms with Gasteiger partial charge in [-0.05, 0) is 19.8 Å². The van der Waals surface area contributed by atoms with Gasteiger partial charge in [0, 0.05) is 31.7 Å². The molecular formula is C11H21N5. The Morgan fingerprint density at radius 3 is 3.12 bits per heavy atom. The number of nitrogens with two attached hydrogens (primary N) is 1. The first kappa shape index (κ1) is 11.4. The van der Waals surface area contributed by atoms with Crippen LogP contribution in [0.1, 0.15) is 25.8 Å². The van der Waals surface area contributed by atoms with Crippen LogP contribution in [0.2, 0.25) is 0 Å². The molecule has 4 N–H and O–H groups in total. The maximum atomic E-state index is 5.71. The quantitative estimate of drug-likeness (QED) is 0.617. The minimum absolute atomic E-state index is 0.294. The van der Waals surface area contributed by atoms with Crippen LogP contribution in [0.15, 0.2) is 12.3 Å². The van der Waals surface area contributed by atoms with E-state index in [0.717, 1.165) is 38.3 Å². The Balaban J connectivity index is 1.77. The smallest absolute Gasteiger partial charge is 0.124 e. The number of nitrogens with zero attached hydrogens (tertiary/aromatic N) is 2. The normalized spacial score (nSPS) is 18.1. The fraction of sp³-hybridized carbons (Fsp3) is 0.727. The lowest BCUT2D eigenvalue weighted by Crippen LogP contribution is -2.44. The van der Waals surface area contributed by atoms with Crippen molar-refractivity contribution in [2.45, 2.75) is 31.8 Å². The standard InChI is InChI=1S/C11H21N5/c1-9(12)3-2-5-14-11-4-6-15-16(11)10-7-13-8-10/h4,6,9-10,13-14H,2-3,5,7-8,12H2,1H3. The molecule has 1 saturated heterocycles. The van der Waals surface area contributed by atoms with Gasteiger partial charge in [-0.25, -0.2) is 4.68 Å². The van der Waals surface area contributed by atoms with E-state index in [1.54, 1.807) is 0 Å². The number of nitrogens with one attached hydrogen (secondary N) is 2. The van der Waals surface area contributed by atoms with Crippen molar-refractivity contribution in [3.05, 3.63) is 12.3 Å². The highest BCUT2D eigenvalue weighted by molar-refractivity contribution is 5.34. The van der Waals surface area contributed by atoms with E-state index in [-0.39, 0.29) is 0 Å². The second-order valence-electron chi connectivity index (χ2n) is 4.52. The van der Waals surface area contributed by atoms with Crippen molar-refractivity contribution in [1.82, 2.24) is 15.1 Å². The highest BCUT2D eigenvalue weighted by Gasteiger charge is 2.21. The van der Waals surface area contributed by atoms with E-state index in [1.165, 1.54) is 0 Å². The lowest BCUT2D eigenvalue weighted by atomic mass is 10.2. The zero-order valence-corrected chi connectivity index (χ0v) is 9.82. The van der Waals surface area contributed by atoms with Gasteiger partial charge in [-0.2, -0.15) is 5.10 Å². The van der Waals surface area contributed by atoms with E-state index in [4.69, 9.17) is 5.73 Å². The molecule has 5 nitrogen and oxygen atoms in total. The number of aromatic nitrogens is 2. The first-order chi connectivity index (χ1) is 7.77. The van der Waals surface area contributed by atoms with Crippen LogP contribution in [0.25, 0.3) is 0 Å². The fourth-order valence-corrected chi connectivity index (χ4v) is 1.83. The van der Waals surface area contributed by atoms with Crippen LogP contribution >= 0.6 is 0 Å². The molecule has 1 aliphatic rings. The molecule has 1 aromatic rings. The van der Waals surface area contributed by atoms with E-state index >= 15 is 0 Å².